The summed E-state index contributed by atoms with van der Waals surface area (Å²) in [6.07, 6.45) is 1.97. The Morgan fingerprint density at radius 2 is 1.59 bits per heavy atom. The lowest BCUT2D eigenvalue weighted by Crippen LogP contribution is -2.42. The van der Waals surface area contributed by atoms with Crippen molar-refractivity contribution < 1.29 is 9.59 Å². The summed E-state index contributed by atoms with van der Waals surface area (Å²) in [6.45, 7) is 0.413. The summed E-state index contributed by atoms with van der Waals surface area (Å²) in [5, 5.41) is 0.273. The van der Waals surface area contributed by atoms with E-state index in [1.807, 2.05) is 30.3 Å². The second kappa shape index (κ2) is 9.34. The third kappa shape index (κ3) is 5.00. The van der Waals surface area contributed by atoms with Gasteiger partial charge >= 0.3 is 0 Å². The first-order chi connectivity index (χ1) is 14.0. The molecule has 0 aliphatic heterocycles. The zero-order valence-electron chi connectivity index (χ0n) is 16.0. The van der Waals surface area contributed by atoms with Crippen LogP contribution in [0, 0.1) is 0 Å². The van der Waals surface area contributed by atoms with Crippen LogP contribution < -0.4 is 5.56 Å². The quantitative estimate of drug-likeness (QED) is 0.443. The smallest absolute Gasteiger partial charge is 0.253 e. The minimum absolute atomic E-state index is 0.273. The molecule has 0 radical (unpaired) electrons. The van der Waals surface area contributed by atoms with Gasteiger partial charge in [0.05, 0.1) is 5.02 Å². The van der Waals surface area contributed by atoms with Crippen LogP contribution in [0.5, 0.6) is 0 Å². The van der Waals surface area contributed by atoms with E-state index in [1.165, 1.54) is 23.2 Å². The number of rotatable bonds is 7. The molecule has 0 N–H and O–H groups in total. The van der Waals surface area contributed by atoms with Crippen molar-refractivity contribution in [3.63, 3.8) is 0 Å². The number of pyridine rings is 1. The molecule has 6 heteroatoms. The van der Waals surface area contributed by atoms with Gasteiger partial charge in [-0.3, -0.25) is 19.0 Å². The van der Waals surface area contributed by atoms with Crippen molar-refractivity contribution in [3.8, 4) is 0 Å². The molecule has 0 aliphatic carbocycles. The third-order valence-electron chi connectivity index (χ3n) is 4.68. The first-order valence-corrected chi connectivity index (χ1v) is 9.61. The molecule has 1 atom stereocenters. The molecule has 1 amide bonds. The molecule has 0 fully saturated rings. The predicted octanol–water partition coefficient (Wildman–Crippen LogP) is 3.63. The Morgan fingerprint density at radius 3 is 2.24 bits per heavy atom. The first-order valence-electron chi connectivity index (χ1n) is 9.23. The summed E-state index contributed by atoms with van der Waals surface area (Å²) in [5.41, 5.74) is 0.973. The van der Waals surface area contributed by atoms with Crippen molar-refractivity contribution in [2.45, 2.75) is 12.5 Å². The Bertz CT molecular complexity index is 1050. The number of Topliss-reactive ketones (excluding diaryl/α,β-unsaturated/α-hetero) is 1. The van der Waals surface area contributed by atoms with Gasteiger partial charge in [0.15, 0.2) is 11.8 Å². The number of aromatic nitrogens is 1. The molecular weight excluding hydrogens is 388 g/mol. The zero-order valence-corrected chi connectivity index (χ0v) is 16.8. The summed E-state index contributed by atoms with van der Waals surface area (Å²) in [6, 6.07) is 19.6. The third-order valence-corrected chi connectivity index (χ3v) is 4.90. The highest BCUT2D eigenvalue weighted by atomic mass is 35.5. The van der Waals surface area contributed by atoms with Crippen LogP contribution in [-0.2, 0) is 11.2 Å². The maximum Gasteiger partial charge on any atom is 0.253 e. The van der Waals surface area contributed by atoms with Crippen LogP contribution >= 0.6 is 11.6 Å². The maximum absolute atomic E-state index is 13.2. The Labute approximate surface area is 174 Å². The summed E-state index contributed by atoms with van der Waals surface area (Å²) in [4.78, 5) is 40.3. The Hall–Kier alpha value is -3.18. The number of benzene rings is 2. The second-order valence-corrected chi connectivity index (χ2v) is 7.16. The fourth-order valence-corrected chi connectivity index (χ4v) is 3.22. The van der Waals surface area contributed by atoms with Crippen molar-refractivity contribution in [1.82, 2.24) is 9.47 Å². The summed E-state index contributed by atoms with van der Waals surface area (Å²) >= 11 is 6.04. The molecule has 1 aromatic heterocycles. The Balaban J connectivity index is 1.91. The highest BCUT2D eigenvalue weighted by Gasteiger charge is 2.32. The SMILES string of the molecule is CN(CCc1ccccc1)C(=O)C(C(=O)c1ccccc1)n1cc(Cl)ccc1=O. The van der Waals surface area contributed by atoms with Crippen LogP contribution in [0.1, 0.15) is 22.0 Å². The monoisotopic (exact) mass is 408 g/mol. The average molecular weight is 409 g/mol. The predicted molar refractivity (Wildman–Crippen MR) is 113 cm³/mol. The van der Waals surface area contributed by atoms with Gasteiger partial charge < -0.3 is 4.90 Å². The normalized spacial score (nSPS) is 11.7. The van der Waals surface area contributed by atoms with Gasteiger partial charge in [-0.05, 0) is 18.1 Å². The molecule has 29 heavy (non-hydrogen) atoms. The lowest BCUT2D eigenvalue weighted by Gasteiger charge is -2.25. The van der Waals surface area contributed by atoms with Crippen LogP contribution in [0.4, 0.5) is 0 Å². The number of hydrogen-bond acceptors (Lipinski definition) is 3. The zero-order chi connectivity index (χ0) is 20.8. The number of carbonyl (C=O) groups excluding carboxylic acids is 2. The summed E-state index contributed by atoms with van der Waals surface area (Å²) in [7, 11) is 1.63. The largest absolute Gasteiger partial charge is 0.343 e. The van der Waals surface area contributed by atoms with Gasteiger partial charge in [-0.15, -0.1) is 0 Å². The van der Waals surface area contributed by atoms with E-state index in [0.29, 0.717) is 18.5 Å². The van der Waals surface area contributed by atoms with E-state index in [0.717, 1.165) is 10.1 Å². The average Bonchev–Trinajstić information content (AvgIpc) is 2.75. The minimum Gasteiger partial charge on any atom is -0.343 e. The molecule has 148 valence electrons. The van der Waals surface area contributed by atoms with E-state index in [4.69, 9.17) is 11.6 Å². The molecule has 1 unspecified atom stereocenters. The van der Waals surface area contributed by atoms with Gasteiger partial charge in [-0.25, -0.2) is 0 Å². The number of likely N-dealkylation sites (N-methyl/N-ethyl adjacent to an activating group) is 1. The van der Waals surface area contributed by atoms with Crippen molar-refractivity contribution in [2.75, 3.05) is 13.6 Å². The Morgan fingerprint density at radius 1 is 0.966 bits per heavy atom. The molecule has 0 saturated carbocycles. The number of ketones is 1. The van der Waals surface area contributed by atoms with E-state index in [2.05, 4.69) is 0 Å². The van der Waals surface area contributed by atoms with Crippen molar-refractivity contribution in [2.24, 2.45) is 0 Å². The molecular formula is C23H21ClN2O3. The van der Waals surface area contributed by atoms with Crippen molar-refractivity contribution in [1.29, 1.82) is 0 Å². The van der Waals surface area contributed by atoms with Gasteiger partial charge in [-0.1, -0.05) is 72.3 Å². The second-order valence-electron chi connectivity index (χ2n) is 6.72. The van der Waals surface area contributed by atoms with Crippen molar-refractivity contribution >= 4 is 23.3 Å². The maximum atomic E-state index is 13.2. The van der Waals surface area contributed by atoms with E-state index < -0.39 is 23.3 Å². The van der Waals surface area contributed by atoms with E-state index in [1.54, 1.807) is 37.4 Å². The van der Waals surface area contributed by atoms with Crippen LogP contribution in [0.3, 0.4) is 0 Å². The molecule has 2 aromatic carbocycles. The highest BCUT2D eigenvalue weighted by molar-refractivity contribution is 6.30. The molecule has 3 rings (SSSR count). The minimum atomic E-state index is -1.32. The van der Waals surface area contributed by atoms with Crippen LogP contribution in [0.2, 0.25) is 5.02 Å². The van der Waals surface area contributed by atoms with Gasteiger partial charge in [0.2, 0.25) is 0 Å². The van der Waals surface area contributed by atoms with Crippen molar-refractivity contribution in [3.05, 3.63) is 105 Å². The van der Waals surface area contributed by atoms with Crippen LogP contribution in [0.25, 0.3) is 0 Å². The van der Waals surface area contributed by atoms with E-state index in [9.17, 15) is 14.4 Å². The summed E-state index contributed by atoms with van der Waals surface area (Å²) in [5.74, 6) is -0.911. The number of nitrogens with zero attached hydrogens (tertiary/aromatic N) is 2. The van der Waals surface area contributed by atoms with Gasteiger partial charge in [0.1, 0.15) is 0 Å². The fraction of sp³-hybridized carbons (Fsp3) is 0.174. The standard InChI is InChI=1S/C23H21ClN2O3/c1-25(15-14-17-8-4-2-5-9-17)23(29)21(22(28)18-10-6-3-7-11-18)26-16-19(24)12-13-20(26)27/h2-13,16,21H,14-15H2,1H3. The van der Waals surface area contributed by atoms with E-state index >= 15 is 0 Å². The molecule has 5 nitrogen and oxygen atoms in total. The van der Waals surface area contributed by atoms with E-state index in [-0.39, 0.29) is 5.02 Å². The number of halogens is 1. The molecule has 0 bridgehead atoms. The number of amides is 1. The molecule has 0 spiro atoms. The highest BCUT2D eigenvalue weighted by Crippen LogP contribution is 2.18. The molecule has 3 aromatic rings. The van der Waals surface area contributed by atoms with Crippen LogP contribution in [0.15, 0.2) is 83.8 Å². The number of carbonyl (C=O) groups is 2. The first kappa shape index (κ1) is 20.6. The van der Waals surface area contributed by atoms with Gasteiger partial charge in [0, 0.05) is 31.4 Å². The van der Waals surface area contributed by atoms with Gasteiger partial charge in [-0.2, -0.15) is 0 Å². The number of hydrogen-bond donors (Lipinski definition) is 0. The lowest BCUT2D eigenvalue weighted by molar-refractivity contribution is -0.132. The fourth-order valence-electron chi connectivity index (χ4n) is 3.06. The molecule has 0 saturated heterocycles. The molecule has 0 aliphatic rings. The topological polar surface area (TPSA) is 59.4 Å². The molecule has 1 heterocycles. The Kier molecular flexibility index (Phi) is 6.62. The van der Waals surface area contributed by atoms with Gasteiger partial charge in [0.25, 0.3) is 11.5 Å². The lowest BCUT2D eigenvalue weighted by atomic mass is 10.0. The summed E-state index contributed by atoms with van der Waals surface area (Å²) < 4.78 is 1.11. The van der Waals surface area contributed by atoms with Crippen LogP contribution in [-0.4, -0.2) is 34.7 Å².